The maximum Gasteiger partial charge on any atom is 0.324 e. The second-order valence-electron chi connectivity index (χ2n) is 23.7. The molecule has 5 atom stereocenters. The molecular weight excluding hydrogens is 887 g/mol. The van der Waals surface area contributed by atoms with E-state index in [-0.39, 0.29) is 47.7 Å². The SMILES string of the molecule is CCn1c(-c2cc(N3CCN4CCC[C@@H]4C3)cnc2C(C)C)c2c3cc(ccc31)-c1cccc(c1)C[C@H](NC(=O)[C@H](C1CCCC1)N1CC[C@]3(CCNC3)C1)C(=O)N1CCC[C@H](N1)C(=O)OCC(C)(C)C2. The number of nitrogens with one attached hydrogen (secondary N) is 3. The Hall–Kier alpha value is -4.82. The fourth-order valence-corrected chi connectivity index (χ4v) is 14.0. The van der Waals surface area contributed by atoms with Gasteiger partial charge in [-0.1, -0.05) is 70.9 Å². The number of amides is 2. The Morgan fingerprint density at radius 2 is 1.76 bits per heavy atom. The molecule has 3 N–H and O–H groups in total. The number of fused-ring (bicyclic) bond motifs is 7. The number of nitrogens with zero attached hydrogens (tertiary/aromatic N) is 6. The minimum absolute atomic E-state index is 0.0428. The summed E-state index contributed by atoms with van der Waals surface area (Å²) in [6.07, 6.45) is 13.4. The summed E-state index contributed by atoms with van der Waals surface area (Å²) < 4.78 is 8.80. The minimum Gasteiger partial charge on any atom is -0.464 e. The van der Waals surface area contributed by atoms with Crippen molar-refractivity contribution in [1.29, 1.82) is 0 Å². The number of rotatable bonds is 8. The maximum atomic E-state index is 15.0. The largest absolute Gasteiger partial charge is 0.464 e. The molecule has 0 radical (unpaired) electrons. The summed E-state index contributed by atoms with van der Waals surface area (Å²) in [6.45, 7) is 20.8. The van der Waals surface area contributed by atoms with E-state index < -0.39 is 17.5 Å². The fourth-order valence-electron chi connectivity index (χ4n) is 14.0. The number of piperazine rings is 1. The number of hydrazine groups is 1. The van der Waals surface area contributed by atoms with Gasteiger partial charge in [0.15, 0.2) is 0 Å². The molecule has 5 saturated heterocycles. The Labute approximate surface area is 421 Å². The van der Waals surface area contributed by atoms with E-state index in [0.717, 1.165) is 113 Å². The van der Waals surface area contributed by atoms with E-state index in [1.54, 1.807) is 5.01 Å². The Morgan fingerprint density at radius 1 is 0.930 bits per heavy atom. The Bertz CT molecular complexity index is 2630. The van der Waals surface area contributed by atoms with Crippen LogP contribution in [0.1, 0.15) is 122 Å². The van der Waals surface area contributed by atoms with E-state index in [1.807, 2.05) is 0 Å². The van der Waals surface area contributed by atoms with Crippen molar-refractivity contribution in [3.05, 3.63) is 71.5 Å². The van der Waals surface area contributed by atoms with Gasteiger partial charge in [-0.15, -0.1) is 0 Å². The third-order valence-corrected chi connectivity index (χ3v) is 17.8. The van der Waals surface area contributed by atoms with Crippen LogP contribution in [0.3, 0.4) is 0 Å². The lowest BCUT2D eigenvalue weighted by Crippen LogP contribution is -2.62. The topological polar surface area (TPSA) is 127 Å². The van der Waals surface area contributed by atoms with E-state index in [9.17, 15) is 14.4 Å². The minimum atomic E-state index is -0.830. The first kappa shape index (κ1) is 48.4. The number of esters is 1. The summed E-state index contributed by atoms with van der Waals surface area (Å²) >= 11 is 0. The highest BCUT2D eigenvalue weighted by molar-refractivity contribution is 5.96. The third-order valence-electron chi connectivity index (χ3n) is 17.8. The molecule has 2 aromatic carbocycles. The molecule has 2 amide bonds. The van der Waals surface area contributed by atoms with Crippen molar-refractivity contribution < 1.29 is 19.1 Å². The summed E-state index contributed by atoms with van der Waals surface area (Å²) in [5.41, 5.74) is 13.3. The number of carbonyl (C=O) groups is 3. The van der Waals surface area contributed by atoms with Crippen molar-refractivity contribution in [3.63, 3.8) is 0 Å². The smallest absolute Gasteiger partial charge is 0.324 e. The number of hydrogen-bond donors (Lipinski definition) is 3. The number of benzene rings is 2. The molecule has 71 heavy (non-hydrogen) atoms. The first-order valence-corrected chi connectivity index (χ1v) is 27.6. The van der Waals surface area contributed by atoms with Crippen molar-refractivity contribution in [2.45, 2.75) is 148 Å². The molecule has 1 saturated carbocycles. The summed E-state index contributed by atoms with van der Waals surface area (Å²) in [7, 11) is 0. The fraction of sp³-hybridized carbons (Fsp3) is 0.621. The second-order valence-corrected chi connectivity index (χ2v) is 23.7. The van der Waals surface area contributed by atoms with Crippen LogP contribution in [0.2, 0.25) is 0 Å². The van der Waals surface area contributed by atoms with Gasteiger partial charge in [0.25, 0.3) is 5.91 Å². The molecule has 2 aromatic heterocycles. The molecule has 8 heterocycles. The van der Waals surface area contributed by atoms with E-state index in [1.165, 1.54) is 52.8 Å². The summed E-state index contributed by atoms with van der Waals surface area (Å²) in [5.74, 6) is -0.146. The van der Waals surface area contributed by atoms with Crippen LogP contribution >= 0.6 is 0 Å². The molecule has 6 aliphatic heterocycles. The van der Waals surface area contributed by atoms with Crippen LogP contribution in [0.4, 0.5) is 5.69 Å². The predicted octanol–water partition coefficient (Wildman–Crippen LogP) is 7.69. The average molecular weight is 966 g/mol. The van der Waals surface area contributed by atoms with Crippen molar-refractivity contribution in [1.82, 2.24) is 40.4 Å². The van der Waals surface area contributed by atoms with Crippen LogP contribution in [0.15, 0.2) is 54.7 Å². The zero-order valence-electron chi connectivity index (χ0n) is 43.2. The Morgan fingerprint density at radius 3 is 2.56 bits per heavy atom. The highest BCUT2D eigenvalue weighted by atomic mass is 16.5. The van der Waals surface area contributed by atoms with Crippen molar-refractivity contribution in [2.75, 3.05) is 70.4 Å². The zero-order chi connectivity index (χ0) is 49.0. The number of likely N-dealkylation sites (tertiary alicyclic amines) is 1. The molecule has 6 bridgehead atoms. The van der Waals surface area contributed by atoms with E-state index in [4.69, 9.17) is 9.72 Å². The van der Waals surface area contributed by atoms with E-state index >= 15 is 0 Å². The first-order valence-electron chi connectivity index (χ1n) is 27.6. The molecule has 0 unspecified atom stereocenters. The van der Waals surface area contributed by atoms with Gasteiger partial charge in [0.2, 0.25) is 5.91 Å². The molecule has 13 nitrogen and oxygen atoms in total. The van der Waals surface area contributed by atoms with Gasteiger partial charge in [0, 0.05) is 80.2 Å². The summed E-state index contributed by atoms with van der Waals surface area (Å²) in [4.78, 5) is 57.1. The molecule has 13 heteroatoms. The van der Waals surface area contributed by atoms with Gasteiger partial charge in [-0.2, -0.15) is 0 Å². The predicted molar refractivity (Wildman–Crippen MR) is 281 cm³/mol. The van der Waals surface area contributed by atoms with Crippen LogP contribution in [0.5, 0.6) is 0 Å². The number of anilines is 1. The lowest BCUT2D eigenvalue weighted by molar-refractivity contribution is -0.155. The first-order chi connectivity index (χ1) is 34.4. The van der Waals surface area contributed by atoms with Crippen LogP contribution in [0, 0.1) is 16.7 Å². The normalized spacial score (nSPS) is 27.2. The average Bonchev–Trinajstić information content (AvgIpc) is 4.25. The Balaban J connectivity index is 0.986. The zero-order valence-corrected chi connectivity index (χ0v) is 43.2. The van der Waals surface area contributed by atoms with Crippen molar-refractivity contribution in [3.8, 4) is 22.4 Å². The molecule has 4 aromatic rings. The molecule has 1 spiro atoms. The number of hydrogen-bond acceptors (Lipinski definition) is 10. The third kappa shape index (κ3) is 9.65. The Kier molecular flexibility index (Phi) is 13.6. The second kappa shape index (κ2) is 19.9. The molecular formula is C58H79N9O4. The van der Waals surface area contributed by atoms with Crippen molar-refractivity contribution >= 4 is 34.4 Å². The lowest BCUT2D eigenvalue weighted by atomic mass is 9.83. The van der Waals surface area contributed by atoms with Gasteiger partial charge in [0.05, 0.1) is 35.9 Å². The number of aryl methyl sites for hydroxylation is 1. The van der Waals surface area contributed by atoms with Gasteiger partial charge in [-0.25, -0.2) is 5.43 Å². The van der Waals surface area contributed by atoms with Crippen molar-refractivity contribution in [2.24, 2.45) is 16.7 Å². The van der Waals surface area contributed by atoms with Gasteiger partial charge < -0.3 is 24.8 Å². The number of carbonyl (C=O) groups excluding carboxylic acids is 3. The molecule has 11 rings (SSSR count). The van der Waals surface area contributed by atoms with Crippen LogP contribution < -0.4 is 21.0 Å². The number of ether oxygens (including phenoxy) is 1. The highest BCUT2D eigenvalue weighted by Crippen LogP contribution is 2.44. The van der Waals surface area contributed by atoms with Gasteiger partial charge in [-0.3, -0.25) is 34.2 Å². The highest BCUT2D eigenvalue weighted by Gasteiger charge is 2.47. The number of cyclic esters (lactones) is 1. The monoisotopic (exact) mass is 966 g/mol. The standard InChI is InChI=1S/C58H79N9O4/c1-6-66-50-19-18-42-30-45(50)47(53(66)46-31-44(33-60-51(46)38(2)3)64-27-26-63-23-10-16-43(63)34-64)32-57(4,5)37-71-56(70)48-17-11-24-67(62-48)55(69)49(29-39-12-9-15-41(42)28-39)61-54(68)52(40-13-7-8-14-40)65-25-21-58(36-65)20-22-59-35-58/h9,12,15,18-19,28,30-31,33,38,40,43,48-49,52,59,62H,6-8,10-11,13-14,16-17,20-27,29,32,34-37H2,1-5H3,(H,61,68)/t43-,48+,49+,52+,58+/m1/s1. The van der Waals surface area contributed by atoms with Crippen LogP contribution in [-0.4, -0.2) is 132 Å². The van der Waals surface area contributed by atoms with Gasteiger partial charge in [-0.05, 0) is 142 Å². The van der Waals surface area contributed by atoms with Crippen LogP contribution in [-0.2, 0) is 38.5 Å². The maximum absolute atomic E-state index is 15.0. The van der Waals surface area contributed by atoms with E-state index in [2.05, 4.69) is 125 Å². The van der Waals surface area contributed by atoms with Gasteiger partial charge in [0.1, 0.15) is 12.1 Å². The molecule has 6 fully saturated rings. The number of aromatic nitrogens is 2. The molecule has 1 aliphatic carbocycles. The lowest BCUT2D eigenvalue weighted by Gasteiger charge is -2.39. The quantitative estimate of drug-likeness (QED) is 0.151. The van der Waals surface area contributed by atoms with Crippen LogP contribution in [0.25, 0.3) is 33.3 Å². The van der Waals surface area contributed by atoms with E-state index in [0.29, 0.717) is 38.3 Å². The number of pyridine rings is 1. The molecule has 7 aliphatic rings. The summed E-state index contributed by atoms with van der Waals surface area (Å²) in [6, 6.07) is 16.7. The molecule has 380 valence electrons. The summed E-state index contributed by atoms with van der Waals surface area (Å²) in [5, 5.41) is 9.77. The van der Waals surface area contributed by atoms with Gasteiger partial charge >= 0.3 is 5.97 Å².